The highest BCUT2D eigenvalue weighted by molar-refractivity contribution is 7.09. The largest absolute Gasteiger partial charge is 0.411 e. The minimum atomic E-state index is -4.29. The number of thiazole rings is 1. The Balaban J connectivity index is 2.23. The first-order chi connectivity index (χ1) is 7.37. The molecular formula is C9H13F3N2OS. The number of alkyl halides is 3. The van der Waals surface area contributed by atoms with Crippen LogP contribution in [0.15, 0.2) is 5.38 Å². The van der Waals surface area contributed by atoms with Crippen molar-refractivity contribution in [1.82, 2.24) is 4.98 Å². The first-order valence-electron chi connectivity index (χ1n) is 4.68. The second-order valence-corrected chi connectivity index (χ2v) is 4.42. The Morgan fingerprint density at radius 1 is 1.56 bits per heavy atom. The maximum absolute atomic E-state index is 11.8. The molecule has 0 aliphatic rings. The number of nitrogens with zero attached hydrogens (tertiary/aromatic N) is 1. The summed E-state index contributed by atoms with van der Waals surface area (Å²) in [5.41, 5.74) is 6.51. The van der Waals surface area contributed by atoms with Crippen LogP contribution in [0.1, 0.15) is 10.7 Å². The topological polar surface area (TPSA) is 48.1 Å². The molecule has 0 amide bonds. The second-order valence-electron chi connectivity index (χ2n) is 3.48. The molecule has 1 rings (SSSR count). The summed E-state index contributed by atoms with van der Waals surface area (Å²) in [6, 6.07) is -0.451. The van der Waals surface area contributed by atoms with Crippen molar-refractivity contribution in [1.29, 1.82) is 0 Å². The highest BCUT2D eigenvalue weighted by Gasteiger charge is 2.27. The number of hydrogen-bond donors (Lipinski definition) is 1. The molecule has 16 heavy (non-hydrogen) atoms. The minimum absolute atomic E-state index is 0.113. The van der Waals surface area contributed by atoms with Gasteiger partial charge in [0.2, 0.25) is 0 Å². The van der Waals surface area contributed by atoms with Crippen molar-refractivity contribution in [2.45, 2.75) is 25.6 Å². The molecule has 0 saturated carbocycles. The van der Waals surface area contributed by atoms with Gasteiger partial charge in [0.25, 0.3) is 0 Å². The van der Waals surface area contributed by atoms with E-state index in [9.17, 15) is 13.2 Å². The number of aromatic nitrogens is 1. The average molecular weight is 254 g/mol. The summed E-state index contributed by atoms with van der Waals surface area (Å²) in [6.07, 6.45) is -3.85. The molecule has 0 saturated heterocycles. The Hall–Kier alpha value is -0.660. The Kier molecular flexibility index (Phi) is 4.69. The first kappa shape index (κ1) is 13.4. The van der Waals surface area contributed by atoms with Gasteiger partial charge in [-0.1, -0.05) is 0 Å². The molecule has 7 heteroatoms. The lowest BCUT2D eigenvalue weighted by Crippen LogP contribution is -2.31. The fraction of sp³-hybridized carbons (Fsp3) is 0.667. The normalized spacial score (nSPS) is 14.1. The Bertz CT molecular complexity index is 327. The van der Waals surface area contributed by atoms with Gasteiger partial charge in [0.1, 0.15) is 6.61 Å². The molecule has 1 atom stereocenters. The zero-order chi connectivity index (χ0) is 12.2. The summed E-state index contributed by atoms with van der Waals surface area (Å²) < 4.78 is 39.7. The average Bonchev–Trinajstić information content (AvgIpc) is 2.48. The maximum Gasteiger partial charge on any atom is 0.411 e. The zero-order valence-corrected chi connectivity index (χ0v) is 9.57. The van der Waals surface area contributed by atoms with E-state index in [1.807, 2.05) is 12.3 Å². The van der Waals surface area contributed by atoms with Crippen molar-refractivity contribution in [2.24, 2.45) is 5.73 Å². The molecule has 0 radical (unpaired) electrons. The number of hydrogen-bond acceptors (Lipinski definition) is 4. The molecule has 0 spiro atoms. The molecule has 0 fully saturated rings. The molecule has 1 aromatic heterocycles. The molecule has 1 aromatic rings. The lowest BCUT2D eigenvalue weighted by molar-refractivity contribution is -0.174. The van der Waals surface area contributed by atoms with Crippen molar-refractivity contribution in [3.8, 4) is 0 Å². The summed E-state index contributed by atoms with van der Waals surface area (Å²) in [5.74, 6) is 0. The highest BCUT2D eigenvalue weighted by atomic mass is 32.1. The van der Waals surface area contributed by atoms with Crippen LogP contribution < -0.4 is 5.73 Å². The van der Waals surface area contributed by atoms with Crippen LogP contribution in [0.25, 0.3) is 0 Å². The van der Waals surface area contributed by atoms with Crippen LogP contribution in [0.4, 0.5) is 13.2 Å². The van der Waals surface area contributed by atoms with E-state index in [0.717, 1.165) is 10.7 Å². The number of nitrogens with two attached hydrogens (primary N) is 1. The molecule has 1 heterocycles. The van der Waals surface area contributed by atoms with Gasteiger partial charge in [0.05, 0.1) is 11.6 Å². The lowest BCUT2D eigenvalue weighted by Gasteiger charge is -2.12. The summed E-state index contributed by atoms with van der Waals surface area (Å²) in [5, 5.41) is 2.69. The van der Waals surface area contributed by atoms with Crippen molar-refractivity contribution in [3.05, 3.63) is 16.1 Å². The van der Waals surface area contributed by atoms with Gasteiger partial charge in [0.15, 0.2) is 0 Å². The Morgan fingerprint density at radius 2 is 2.25 bits per heavy atom. The van der Waals surface area contributed by atoms with Gasteiger partial charge >= 0.3 is 6.18 Å². The van der Waals surface area contributed by atoms with Crippen LogP contribution in [-0.2, 0) is 11.2 Å². The number of halogens is 3. The molecule has 0 aliphatic heterocycles. The monoisotopic (exact) mass is 254 g/mol. The van der Waals surface area contributed by atoms with E-state index in [1.165, 1.54) is 11.3 Å². The first-order valence-corrected chi connectivity index (χ1v) is 5.56. The van der Waals surface area contributed by atoms with Gasteiger partial charge in [-0.05, 0) is 6.92 Å². The molecule has 3 nitrogen and oxygen atoms in total. The molecule has 1 unspecified atom stereocenters. The van der Waals surface area contributed by atoms with Gasteiger partial charge in [-0.3, -0.25) is 0 Å². The van der Waals surface area contributed by atoms with Crippen LogP contribution in [0.5, 0.6) is 0 Å². The molecule has 92 valence electrons. The summed E-state index contributed by atoms with van der Waals surface area (Å²) in [7, 11) is 0. The summed E-state index contributed by atoms with van der Waals surface area (Å²) in [4.78, 5) is 4.17. The number of ether oxygens (including phenoxy) is 1. The fourth-order valence-corrected chi connectivity index (χ4v) is 1.97. The van der Waals surface area contributed by atoms with E-state index < -0.39 is 18.8 Å². The summed E-state index contributed by atoms with van der Waals surface area (Å²) in [6.45, 7) is 0.488. The van der Waals surface area contributed by atoms with Crippen LogP contribution in [0.2, 0.25) is 0 Å². The van der Waals surface area contributed by atoms with Crippen LogP contribution >= 0.6 is 11.3 Å². The van der Waals surface area contributed by atoms with Crippen molar-refractivity contribution in [2.75, 3.05) is 13.2 Å². The number of aryl methyl sites for hydroxylation is 1. The van der Waals surface area contributed by atoms with E-state index >= 15 is 0 Å². The van der Waals surface area contributed by atoms with Gasteiger partial charge < -0.3 is 10.5 Å². The quantitative estimate of drug-likeness (QED) is 0.873. The van der Waals surface area contributed by atoms with E-state index in [4.69, 9.17) is 5.73 Å². The molecular weight excluding hydrogens is 241 g/mol. The third-order valence-electron chi connectivity index (χ3n) is 1.70. The van der Waals surface area contributed by atoms with E-state index in [2.05, 4.69) is 9.72 Å². The fourth-order valence-electron chi connectivity index (χ4n) is 1.11. The van der Waals surface area contributed by atoms with Crippen LogP contribution in [0.3, 0.4) is 0 Å². The van der Waals surface area contributed by atoms with Crippen LogP contribution in [0, 0.1) is 6.92 Å². The van der Waals surface area contributed by atoms with Crippen LogP contribution in [-0.4, -0.2) is 30.4 Å². The second kappa shape index (κ2) is 5.60. The van der Waals surface area contributed by atoms with Gasteiger partial charge in [-0.25, -0.2) is 4.98 Å². The molecule has 0 aromatic carbocycles. The Morgan fingerprint density at radius 3 is 2.75 bits per heavy atom. The third kappa shape index (κ3) is 5.43. The standard InChI is InChI=1S/C9H13F3N2OS/c1-6-4-16-8(14-6)2-7(13)3-15-5-9(10,11)12/h4,7H,2-3,5,13H2,1H3. The van der Waals surface area contributed by atoms with Gasteiger partial charge in [-0.15, -0.1) is 11.3 Å². The minimum Gasteiger partial charge on any atom is -0.370 e. The maximum atomic E-state index is 11.8. The molecule has 0 aliphatic carbocycles. The van der Waals surface area contributed by atoms with Gasteiger partial charge in [0, 0.05) is 23.5 Å². The zero-order valence-electron chi connectivity index (χ0n) is 8.75. The highest BCUT2D eigenvalue weighted by Crippen LogP contribution is 2.15. The third-order valence-corrected chi connectivity index (χ3v) is 2.69. The van der Waals surface area contributed by atoms with E-state index in [1.54, 1.807) is 0 Å². The van der Waals surface area contributed by atoms with E-state index in [-0.39, 0.29) is 6.61 Å². The van der Waals surface area contributed by atoms with E-state index in [0.29, 0.717) is 6.42 Å². The smallest absolute Gasteiger partial charge is 0.370 e. The SMILES string of the molecule is Cc1csc(CC(N)COCC(F)(F)F)n1. The number of rotatable bonds is 5. The predicted molar refractivity (Wildman–Crippen MR) is 55.4 cm³/mol. The molecule has 2 N–H and O–H groups in total. The Labute approximate surface area is 95.4 Å². The summed E-state index contributed by atoms with van der Waals surface area (Å²) >= 11 is 1.45. The lowest BCUT2D eigenvalue weighted by atomic mass is 10.2. The van der Waals surface area contributed by atoms with Crippen molar-refractivity contribution >= 4 is 11.3 Å². The predicted octanol–water partition coefficient (Wildman–Crippen LogP) is 1.90. The molecule has 0 bridgehead atoms. The van der Waals surface area contributed by atoms with Gasteiger partial charge in [-0.2, -0.15) is 13.2 Å². The van der Waals surface area contributed by atoms with Crippen molar-refractivity contribution in [3.63, 3.8) is 0 Å². The van der Waals surface area contributed by atoms with Crippen molar-refractivity contribution < 1.29 is 17.9 Å².